The summed E-state index contributed by atoms with van der Waals surface area (Å²) < 4.78 is 14.1. The maximum atomic E-state index is 14.1. The molecule has 184 valence electrons. The van der Waals surface area contributed by atoms with Crippen molar-refractivity contribution in [3.05, 3.63) is 71.0 Å². The Balaban J connectivity index is 0.00000113. The van der Waals surface area contributed by atoms with E-state index in [4.69, 9.17) is 5.73 Å². The van der Waals surface area contributed by atoms with Crippen LogP contribution in [-0.4, -0.2) is 23.2 Å². The van der Waals surface area contributed by atoms with Crippen LogP contribution in [0.25, 0.3) is 0 Å². The first-order valence-electron chi connectivity index (χ1n) is 12.2. The molecule has 0 fully saturated rings. The molecule has 2 aromatic carbocycles. The van der Waals surface area contributed by atoms with Gasteiger partial charge in [0, 0.05) is 12.5 Å². The van der Waals surface area contributed by atoms with Crippen molar-refractivity contribution in [1.29, 1.82) is 0 Å². The lowest BCUT2D eigenvalue weighted by Gasteiger charge is -2.42. The number of nitrogens with zero attached hydrogens (tertiary/aromatic N) is 2. The smallest absolute Gasteiger partial charge is 0.240 e. The minimum Gasteiger partial charge on any atom is -0.331 e. The Morgan fingerprint density at radius 1 is 1.06 bits per heavy atom. The lowest BCUT2D eigenvalue weighted by Crippen LogP contribution is -2.46. The Bertz CT molecular complexity index is 864. The molecule has 0 saturated heterocycles. The number of hydrogen-bond acceptors (Lipinski definition) is 3. The Labute approximate surface area is 201 Å². The van der Waals surface area contributed by atoms with Crippen LogP contribution < -0.4 is 5.73 Å². The zero-order valence-corrected chi connectivity index (χ0v) is 21.9. The average Bonchev–Trinajstić information content (AvgIpc) is 2.80. The van der Waals surface area contributed by atoms with E-state index in [9.17, 15) is 9.18 Å². The van der Waals surface area contributed by atoms with Gasteiger partial charge in [0.05, 0.1) is 11.3 Å². The van der Waals surface area contributed by atoms with E-state index in [2.05, 4.69) is 31.1 Å². The average molecular weight is 458 g/mol. The second-order valence-electron chi connectivity index (χ2n) is 7.90. The third-order valence-corrected chi connectivity index (χ3v) is 4.99. The summed E-state index contributed by atoms with van der Waals surface area (Å²) in [5, 5.41) is 6.10. The maximum Gasteiger partial charge on any atom is 0.240 e. The van der Waals surface area contributed by atoms with Crippen molar-refractivity contribution >= 4 is 11.6 Å². The number of amides is 1. The summed E-state index contributed by atoms with van der Waals surface area (Å²) in [4.78, 5) is 12.4. The monoisotopic (exact) mass is 457 g/mol. The molecule has 3 rings (SSSR count). The van der Waals surface area contributed by atoms with Gasteiger partial charge in [-0.2, -0.15) is 5.10 Å². The van der Waals surface area contributed by atoms with Crippen molar-refractivity contribution in [2.24, 2.45) is 10.8 Å². The zero-order chi connectivity index (χ0) is 25.4. The SMILES string of the molecule is CC.CC(=O)N(/N=C(\C)c1ccccc1F)C1(C)CCCc2ccccc21.CCC.CCN. The molecule has 0 bridgehead atoms. The molecule has 5 heteroatoms. The molecule has 0 aliphatic heterocycles. The summed E-state index contributed by atoms with van der Waals surface area (Å²) in [6, 6.07) is 14.7. The van der Waals surface area contributed by atoms with Gasteiger partial charge in [-0.1, -0.05) is 83.5 Å². The van der Waals surface area contributed by atoms with Gasteiger partial charge in [0.2, 0.25) is 5.91 Å². The summed E-state index contributed by atoms with van der Waals surface area (Å²) >= 11 is 0. The van der Waals surface area contributed by atoms with Crippen LogP contribution in [0.2, 0.25) is 0 Å². The van der Waals surface area contributed by atoms with E-state index in [-0.39, 0.29) is 11.7 Å². The lowest BCUT2D eigenvalue weighted by atomic mass is 9.77. The van der Waals surface area contributed by atoms with Crippen molar-refractivity contribution in [3.63, 3.8) is 0 Å². The van der Waals surface area contributed by atoms with Gasteiger partial charge >= 0.3 is 0 Å². The molecule has 1 atom stereocenters. The number of halogens is 1. The Morgan fingerprint density at radius 2 is 1.58 bits per heavy atom. The number of nitrogens with two attached hydrogens (primary N) is 1. The van der Waals surface area contributed by atoms with Crippen molar-refractivity contribution in [2.75, 3.05) is 6.54 Å². The molecule has 1 amide bonds. The molecule has 0 saturated carbocycles. The molecule has 4 nitrogen and oxygen atoms in total. The van der Waals surface area contributed by atoms with Gasteiger partial charge in [-0.15, -0.1) is 0 Å². The highest BCUT2D eigenvalue weighted by Gasteiger charge is 2.39. The van der Waals surface area contributed by atoms with Crippen molar-refractivity contribution in [2.45, 2.75) is 86.6 Å². The predicted octanol–water partition coefficient (Wildman–Crippen LogP) is 7.06. The summed E-state index contributed by atoms with van der Waals surface area (Å²) in [6.45, 7) is 16.2. The molecule has 0 radical (unpaired) electrons. The van der Waals surface area contributed by atoms with Crippen LogP contribution in [0.4, 0.5) is 4.39 Å². The van der Waals surface area contributed by atoms with Crippen LogP contribution in [0, 0.1) is 5.82 Å². The standard InChI is InChI=1S/C21H23FN2O.C3H8.C2H7N.C2H6/c1-15(18-11-5-7-13-20(18)22)23-24(16(2)25)21(3)14-8-10-17-9-4-6-12-19(17)21;1-3-2;1-2-3;1-2/h4-7,9,11-13H,8,10,14H2,1-3H3;3H2,1-2H3;2-3H2,1H3;1-2H3/b23-15+;;;. The highest BCUT2D eigenvalue weighted by Crippen LogP contribution is 2.40. The van der Waals surface area contributed by atoms with E-state index in [1.54, 1.807) is 25.1 Å². The Hall–Kier alpha value is -2.53. The Kier molecular flexibility index (Phi) is 14.9. The molecule has 1 aliphatic carbocycles. The van der Waals surface area contributed by atoms with Gasteiger partial charge in [0.1, 0.15) is 5.82 Å². The number of aryl methyl sites for hydroxylation is 1. The molecule has 1 aliphatic rings. The first-order valence-corrected chi connectivity index (χ1v) is 12.2. The Morgan fingerprint density at radius 3 is 2.12 bits per heavy atom. The fraction of sp³-hybridized carbons (Fsp3) is 0.500. The van der Waals surface area contributed by atoms with Crippen LogP contribution in [0.15, 0.2) is 53.6 Å². The summed E-state index contributed by atoms with van der Waals surface area (Å²) in [6.07, 6.45) is 4.08. The summed E-state index contributed by atoms with van der Waals surface area (Å²) in [5.74, 6) is -0.476. The van der Waals surface area contributed by atoms with Crippen molar-refractivity contribution in [1.82, 2.24) is 5.01 Å². The first kappa shape index (κ1) is 30.5. The van der Waals surface area contributed by atoms with Gasteiger partial charge in [-0.05, 0) is 56.8 Å². The number of fused-ring (bicyclic) bond motifs is 1. The second kappa shape index (κ2) is 16.1. The lowest BCUT2D eigenvalue weighted by molar-refractivity contribution is -0.135. The maximum absolute atomic E-state index is 14.1. The minimum absolute atomic E-state index is 0.144. The molecule has 0 spiro atoms. The van der Waals surface area contributed by atoms with Crippen molar-refractivity contribution in [3.8, 4) is 0 Å². The third kappa shape index (κ3) is 8.73. The van der Waals surface area contributed by atoms with E-state index in [0.29, 0.717) is 11.3 Å². The normalized spacial score (nSPS) is 16.5. The minimum atomic E-state index is -0.521. The van der Waals surface area contributed by atoms with Crippen LogP contribution in [0.1, 0.15) is 91.3 Å². The van der Waals surface area contributed by atoms with Gasteiger partial charge in [-0.25, -0.2) is 9.40 Å². The topological polar surface area (TPSA) is 58.7 Å². The van der Waals surface area contributed by atoms with E-state index >= 15 is 0 Å². The molecular weight excluding hydrogens is 413 g/mol. The van der Waals surface area contributed by atoms with E-state index < -0.39 is 5.54 Å². The number of carbonyl (C=O) groups is 1. The second-order valence-corrected chi connectivity index (χ2v) is 7.90. The molecule has 33 heavy (non-hydrogen) atoms. The largest absolute Gasteiger partial charge is 0.331 e. The number of rotatable bonds is 3. The fourth-order valence-electron chi connectivity index (χ4n) is 3.73. The number of hydrogen-bond donors (Lipinski definition) is 1. The quantitative estimate of drug-likeness (QED) is 0.396. The van der Waals surface area contributed by atoms with Gasteiger partial charge in [-0.3, -0.25) is 4.79 Å². The van der Waals surface area contributed by atoms with E-state index in [1.807, 2.05) is 39.8 Å². The van der Waals surface area contributed by atoms with Crippen LogP contribution in [-0.2, 0) is 16.8 Å². The first-order chi connectivity index (χ1) is 15.8. The zero-order valence-electron chi connectivity index (χ0n) is 21.9. The van der Waals surface area contributed by atoms with Gasteiger partial charge in [0.25, 0.3) is 0 Å². The van der Waals surface area contributed by atoms with E-state index in [0.717, 1.165) is 31.4 Å². The number of hydrazone groups is 1. The van der Waals surface area contributed by atoms with Gasteiger partial charge < -0.3 is 5.73 Å². The molecule has 2 N–H and O–H groups in total. The molecule has 0 heterocycles. The molecular formula is C28H44FN3O. The highest BCUT2D eigenvalue weighted by molar-refractivity contribution is 5.99. The van der Waals surface area contributed by atoms with E-state index in [1.165, 1.54) is 30.0 Å². The molecule has 2 aromatic rings. The van der Waals surface area contributed by atoms with Crippen LogP contribution in [0.3, 0.4) is 0 Å². The number of carbonyl (C=O) groups excluding carboxylic acids is 1. The molecule has 1 unspecified atom stereocenters. The molecule has 0 aromatic heterocycles. The number of benzene rings is 2. The van der Waals surface area contributed by atoms with Crippen LogP contribution in [0.5, 0.6) is 0 Å². The van der Waals surface area contributed by atoms with Crippen LogP contribution >= 0.6 is 0 Å². The fourth-order valence-corrected chi connectivity index (χ4v) is 3.73. The predicted molar refractivity (Wildman–Crippen MR) is 140 cm³/mol. The van der Waals surface area contributed by atoms with Crippen molar-refractivity contribution < 1.29 is 9.18 Å². The third-order valence-electron chi connectivity index (χ3n) is 4.99. The summed E-state index contributed by atoms with van der Waals surface area (Å²) in [7, 11) is 0. The van der Waals surface area contributed by atoms with Gasteiger partial charge in [0.15, 0.2) is 0 Å². The summed E-state index contributed by atoms with van der Waals surface area (Å²) in [5.41, 5.74) is 7.62. The highest BCUT2D eigenvalue weighted by atomic mass is 19.1.